The zero-order chi connectivity index (χ0) is 22.4. The maximum Gasteiger partial charge on any atom is 0.254 e. The Morgan fingerprint density at radius 2 is 1.77 bits per heavy atom. The van der Waals surface area contributed by atoms with Crippen molar-refractivity contribution in [3.05, 3.63) is 88.6 Å². The summed E-state index contributed by atoms with van der Waals surface area (Å²) in [4.78, 5) is 18.4. The van der Waals surface area contributed by atoms with Crippen molar-refractivity contribution < 1.29 is 13.2 Å². The summed E-state index contributed by atoms with van der Waals surface area (Å²) in [5.74, 6) is -0.400. The zero-order valence-electron chi connectivity index (χ0n) is 17.7. The molecule has 3 rings (SSSR count). The summed E-state index contributed by atoms with van der Waals surface area (Å²) in [6.45, 7) is 4.28. The first-order chi connectivity index (χ1) is 14.8. The van der Waals surface area contributed by atoms with Gasteiger partial charge in [0.05, 0.1) is 11.3 Å². The number of amides is 1. The second-order valence-electron chi connectivity index (χ2n) is 7.14. The average Bonchev–Trinajstić information content (AvgIpc) is 2.75. The van der Waals surface area contributed by atoms with E-state index in [9.17, 15) is 13.2 Å². The number of sulfonamides is 1. The lowest BCUT2D eigenvalue weighted by molar-refractivity contribution is 0.0947. The van der Waals surface area contributed by atoms with E-state index in [0.717, 1.165) is 21.6 Å². The van der Waals surface area contributed by atoms with Crippen molar-refractivity contribution in [2.75, 3.05) is 7.05 Å². The molecule has 0 aliphatic rings. The van der Waals surface area contributed by atoms with Crippen molar-refractivity contribution in [2.24, 2.45) is 0 Å². The Bertz CT molecular complexity index is 1190. The molecule has 162 valence electrons. The van der Waals surface area contributed by atoms with Crippen LogP contribution in [0.2, 0.25) is 0 Å². The summed E-state index contributed by atoms with van der Waals surface area (Å²) in [7, 11) is -2.02. The highest BCUT2D eigenvalue weighted by Gasteiger charge is 2.16. The van der Waals surface area contributed by atoms with E-state index in [1.807, 2.05) is 26.0 Å². The summed E-state index contributed by atoms with van der Waals surface area (Å²) >= 11 is 1.46. The predicted molar refractivity (Wildman–Crippen MR) is 124 cm³/mol. The molecule has 0 radical (unpaired) electrons. The van der Waals surface area contributed by atoms with Gasteiger partial charge in [0, 0.05) is 17.6 Å². The van der Waals surface area contributed by atoms with Crippen LogP contribution in [0.1, 0.15) is 32.6 Å². The fraction of sp³-hybridized carbons (Fsp3) is 0.217. The third-order valence-corrected chi connectivity index (χ3v) is 7.27. The smallest absolute Gasteiger partial charge is 0.254 e. The molecule has 0 aliphatic carbocycles. The van der Waals surface area contributed by atoms with Crippen molar-refractivity contribution in [2.45, 2.75) is 36.1 Å². The quantitative estimate of drug-likeness (QED) is 0.539. The minimum Gasteiger partial charge on any atom is -0.348 e. The molecule has 0 unspecified atom stereocenters. The van der Waals surface area contributed by atoms with Crippen LogP contribution >= 0.6 is 11.8 Å². The van der Waals surface area contributed by atoms with Crippen LogP contribution in [-0.4, -0.2) is 26.4 Å². The van der Waals surface area contributed by atoms with Gasteiger partial charge >= 0.3 is 0 Å². The third kappa shape index (κ3) is 6.16. The van der Waals surface area contributed by atoms with Crippen LogP contribution in [-0.2, 0) is 22.3 Å². The Labute approximate surface area is 187 Å². The number of rotatable bonds is 8. The van der Waals surface area contributed by atoms with Gasteiger partial charge in [-0.3, -0.25) is 4.79 Å². The van der Waals surface area contributed by atoms with E-state index in [4.69, 9.17) is 0 Å². The average molecular weight is 456 g/mol. The molecular weight excluding hydrogens is 430 g/mol. The normalized spacial score (nSPS) is 11.3. The van der Waals surface area contributed by atoms with Crippen LogP contribution in [0.15, 0.2) is 70.7 Å². The number of aryl methyl sites for hydroxylation is 2. The Morgan fingerprint density at radius 3 is 2.52 bits per heavy atom. The fourth-order valence-electron chi connectivity index (χ4n) is 2.98. The van der Waals surface area contributed by atoms with Gasteiger partial charge in [-0.2, -0.15) is 0 Å². The fourth-order valence-corrected chi connectivity index (χ4v) is 4.89. The highest BCUT2D eigenvalue weighted by atomic mass is 32.2. The van der Waals surface area contributed by atoms with Crippen LogP contribution in [0.25, 0.3) is 0 Å². The van der Waals surface area contributed by atoms with E-state index in [-0.39, 0.29) is 18.2 Å². The molecule has 0 saturated heterocycles. The lowest BCUT2D eigenvalue weighted by Crippen LogP contribution is -2.25. The van der Waals surface area contributed by atoms with E-state index in [1.165, 1.54) is 18.8 Å². The van der Waals surface area contributed by atoms with Crippen molar-refractivity contribution in [3.63, 3.8) is 0 Å². The summed E-state index contributed by atoms with van der Waals surface area (Å²) in [6.07, 6.45) is 1.67. The predicted octanol–water partition coefficient (Wildman–Crippen LogP) is 3.83. The number of carbonyl (C=O) groups excluding carboxylic acids is 1. The molecule has 0 fully saturated rings. The summed E-state index contributed by atoms with van der Waals surface area (Å²) in [5.41, 5.74) is 4.14. The number of nitrogens with zero attached hydrogens (tertiary/aromatic N) is 1. The van der Waals surface area contributed by atoms with Crippen LogP contribution in [0.4, 0.5) is 0 Å². The molecule has 0 aliphatic heterocycles. The maximum absolute atomic E-state index is 12.9. The number of hydrogen-bond donors (Lipinski definition) is 2. The molecule has 31 heavy (non-hydrogen) atoms. The Kier molecular flexibility index (Phi) is 7.48. The molecule has 8 heteroatoms. The number of hydrogen-bond acceptors (Lipinski definition) is 5. The van der Waals surface area contributed by atoms with Crippen molar-refractivity contribution in [1.29, 1.82) is 0 Å². The monoisotopic (exact) mass is 455 g/mol. The van der Waals surface area contributed by atoms with Crippen LogP contribution in [0.3, 0.4) is 0 Å². The minimum absolute atomic E-state index is 0.143. The van der Waals surface area contributed by atoms with Gasteiger partial charge in [0.2, 0.25) is 10.0 Å². The number of aromatic nitrogens is 1. The molecule has 2 N–H and O–H groups in total. The zero-order valence-corrected chi connectivity index (χ0v) is 19.3. The SMILES string of the molecule is CNS(=O)(=O)Cc1ccccc1CNC(=O)c1cccnc1Sc1cc(C)ccc1C. The van der Waals surface area contributed by atoms with Crippen molar-refractivity contribution in [1.82, 2.24) is 15.0 Å². The van der Waals surface area contributed by atoms with E-state index in [0.29, 0.717) is 16.2 Å². The topological polar surface area (TPSA) is 88.2 Å². The number of benzene rings is 2. The second kappa shape index (κ2) is 10.1. The number of pyridine rings is 1. The molecule has 6 nitrogen and oxygen atoms in total. The highest BCUT2D eigenvalue weighted by Crippen LogP contribution is 2.31. The molecule has 0 saturated carbocycles. The lowest BCUT2D eigenvalue weighted by atomic mass is 10.1. The minimum atomic E-state index is -3.41. The first-order valence-electron chi connectivity index (χ1n) is 9.75. The Morgan fingerprint density at radius 1 is 1.03 bits per heavy atom. The lowest BCUT2D eigenvalue weighted by Gasteiger charge is -2.13. The van der Waals surface area contributed by atoms with Gasteiger partial charge in [0.1, 0.15) is 5.03 Å². The van der Waals surface area contributed by atoms with Crippen LogP contribution < -0.4 is 10.0 Å². The first-order valence-corrected chi connectivity index (χ1v) is 12.2. The number of nitrogens with one attached hydrogen (secondary N) is 2. The molecule has 1 amide bonds. The highest BCUT2D eigenvalue weighted by molar-refractivity contribution is 7.99. The molecule has 0 bridgehead atoms. The first kappa shape index (κ1) is 23.0. The molecule has 0 spiro atoms. The molecule has 2 aromatic carbocycles. The van der Waals surface area contributed by atoms with Gasteiger partial charge in [-0.25, -0.2) is 18.1 Å². The molecule has 0 atom stereocenters. The van der Waals surface area contributed by atoms with Gasteiger partial charge in [-0.1, -0.05) is 48.2 Å². The molecule has 1 heterocycles. The number of carbonyl (C=O) groups is 1. The van der Waals surface area contributed by atoms with Gasteiger partial charge in [0.15, 0.2) is 0 Å². The van der Waals surface area contributed by atoms with Crippen molar-refractivity contribution >= 4 is 27.7 Å². The van der Waals surface area contributed by atoms with Gasteiger partial charge < -0.3 is 5.32 Å². The Balaban J connectivity index is 1.78. The van der Waals surface area contributed by atoms with Gasteiger partial charge in [-0.05, 0) is 61.3 Å². The Hall–Kier alpha value is -2.68. The van der Waals surface area contributed by atoms with Crippen LogP contribution in [0.5, 0.6) is 0 Å². The second-order valence-corrected chi connectivity index (χ2v) is 10.1. The largest absolute Gasteiger partial charge is 0.348 e. The molecule has 3 aromatic rings. The van der Waals surface area contributed by atoms with E-state index in [1.54, 1.807) is 30.5 Å². The van der Waals surface area contributed by atoms with Gasteiger partial charge in [0.25, 0.3) is 5.91 Å². The van der Waals surface area contributed by atoms with Crippen LogP contribution in [0, 0.1) is 13.8 Å². The summed E-state index contributed by atoms with van der Waals surface area (Å²) in [5, 5.41) is 3.53. The van der Waals surface area contributed by atoms with Gasteiger partial charge in [-0.15, -0.1) is 0 Å². The van der Waals surface area contributed by atoms with E-state index in [2.05, 4.69) is 33.2 Å². The summed E-state index contributed by atoms with van der Waals surface area (Å²) < 4.78 is 26.2. The van der Waals surface area contributed by atoms with E-state index >= 15 is 0 Å². The van der Waals surface area contributed by atoms with E-state index < -0.39 is 10.0 Å². The third-order valence-electron chi connectivity index (χ3n) is 4.78. The maximum atomic E-state index is 12.9. The standard InChI is InChI=1S/C23H25N3O3S2/c1-16-10-11-17(2)21(13-16)30-23-20(9-6-12-25-23)22(27)26-14-18-7-4-5-8-19(18)15-31(28,29)24-3/h4-13,24H,14-15H2,1-3H3,(H,26,27). The summed E-state index contributed by atoms with van der Waals surface area (Å²) in [6, 6.07) is 16.8. The van der Waals surface area contributed by atoms with Crippen molar-refractivity contribution in [3.8, 4) is 0 Å². The molecular formula is C23H25N3O3S2. The molecule has 1 aromatic heterocycles.